The van der Waals surface area contributed by atoms with Crippen LogP contribution in [0.25, 0.3) is 11.0 Å². The van der Waals surface area contributed by atoms with E-state index in [1.54, 1.807) is 41.0 Å². The fourth-order valence-corrected chi connectivity index (χ4v) is 9.70. The van der Waals surface area contributed by atoms with E-state index in [1.165, 1.54) is 81.2 Å². The predicted molar refractivity (Wildman–Crippen MR) is 314 cm³/mol. The summed E-state index contributed by atoms with van der Waals surface area (Å²) >= 11 is 11.5. The number of anilines is 1. The number of Topliss-reactive ketones (excluding diaryl/α,β-unsaturated/α-hetero) is 1. The Kier molecular flexibility index (Phi) is 20.3. The van der Waals surface area contributed by atoms with Crippen molar-refractivity contribution in [3.8, 4) is 34.5 Å². The second kappa shape index (κ2) is 28.7. The Morgan fingerprint density at radius 2 is 1.11 bits per heavy atom. The largest absolute Gasteiger partial charge is 0.484 e. The highest BCUT2D eigenvalue weighted by molar-refractivity contribution is 6.30. The van der Waals surface area contributed by atoms with Crippen molar-refractivity contribution in [1.82, 2.24) is 19.5 Å². The van der Waals surface area contributed by atoms with Crippen LogP contribution in [0.5, 0.6) is 34.5 Å². The quantitative estimate of drug-likeness (QED) is 0.0471. The normalized spacial score (nSPS) is 14.1. The van der Waals surface area contributed by atoms with E-state index in [0.717, 1.165) is 43.2 Å². The zero-order valence-electron chi connectivity index (χ0n) is 47.4. The SMILES string of the molecule is COC(=O)c1cc(F)c(CC(=O)Cc2ccc(Oc3ccnc(COc4ccc(Cl)cc4F)c3)cc2F)c(NC[C@@H]2CCO2)c1.COC(=O)c1cc(F)c2nc(Cc3ccc(Oc4ccnc(COc5ccc(Cl)cc5F)c4)cc3F)n(C[C@@H]3CCO3)c2c1. The molecule has 0 unspecified atom stereocenters. The third-order valence-electron chi connectivity index (χ3n) is 14.2. The number of ketones is 1. The smallest absolute Gasteiger partial charge is 0.338 e. The Morgan fingerprint density at radius 1 is 0.584 bits per heavy atom. The molecule has 3 aromatic heterocycles. The zero-order valence-corrected chi connectivity index (χ0v) is 48.9. The molecular weight excluding hydrogens is 1210 g/mol. The average Bonchev–Trinajstić information content (AvgIpc) is 1.71. The van der Waals surface area contributed by atoms with Crippen molar-refractivity contribution in [3.63, 3.8) is 0 Å². The lowest BCUT2D eigenvalue weighted by molar-refractivity contribution is -0.117. The lowest BCUT2D eigenvalue weighted by Gasteiger charge is -2.27. The van der Waals surface area contributed by atoms with Gasteiger partial charge in [0.2, 0.25) is 0 Å². The van der Waals surface area contributed by atoms with Gasteiger partial charge < -0.3 is 47.8 Å². The number of hydrogen-bond donors (Lipinski definition) is 1. The lowest BCUT2D eigenvalue weighted by Crippen LogP contribution is -2.33. The Balaban J connectivity index is 0.000000196. The van der Waals surface area contributed by atoms with Gasteiger partial charge in [-0.05, 0) is 109 Å². The first-order chi connectivity index (χ1) is 42.9. The highest BCUT2D eigenvalue weighted by Gasteiger charge is 2.26. The summed E-state index contributed by atoms with van der Waals surface area (Å²) in [5, 5.41) is 3.56. The minimum Gasteiger partial charge on any atom is -0.484 e. The molecule has 2 atom stereocenters. The van der Waals surface area contributed by atoms with Gasteiger partial charge >= 0.3 is 11.9 Å². The number of imidazole rings is 1. The Bertz CT molecular complexity index is 4100. The molecule has 0 amide bonds. The maximum Gasteiger partial charge on any atom is 0.338 e. The van der Waals surface area contributed by atoms with Crippen molar-refractivity contribution in [3.05, 3.63) is 224 Å². The minimum absolute atomic E-state index is 0.00541. The number of pyridine rings is 2. The maximum atomic E-state index is 15.4. The van der Waals surface area contributed by atoms with Crippen LogP contribution in [-0.4, -0.2) is 83.4 Å². The van der Waals surface area contributed by atoms with Crippen molar-refractivity contribution >= 4 is 57.6 Å². The van der Waals surface area contributed by atoms with Gasteiger partial charge in [-0.2, -0.15) is 0 Å². The molecule has 2 saturated heterocycles. The minimum atomic E-state index is -0.757. The van der Waals surface area contributed by atoms with Gasteiger partial charge in [0, 0.05) is 97.0 Å². The van der Waals surface area contributed by atoms with Crippen molar-refractivity contribution in [2.45, 2.75) is 64.1 Å². The topological polar surface area (TPSA) is 181 Å². The fourth-order valence-electron chi connectivity index (χ4n) is 9.38. The summed E-state index contributed by atoms with van der Waals surface area (Å²) in [6, 6.07) is 28.0. The number of ether oxygens (including phenoxy) is 8. The first kappa shape index (κ1) is 62.8. The third kappa shape index (κ3) is 16.1. The van der Waals surface area contributed by atoms with Gasteiger partial charge in [-0.15, -0.1) is 0 Å². The Morgan fingerprint density at radius 3 is 1.63 bits per heavy atom. The van der Waals surface area contributed by atoms with Crippen molar-refractivity contribution < 1.29 is 78.6 Å². The van der Waals surface area contributed by atoms with E-state index in [9.17, 15) is 23.2 Å². The van der Waals surface area contributed by atoms with Crippen LogP contribution >= 0.6 is 23.2 Å². The standard InChI is InChI=1S/C33H28ClF3N2O6.C32H25ClF3N3O5/c1-42-33(41)20-11-29(36)27(31(12-20)39-17-26-7-9-43-26)15-23(40)10-19-2-4-24(16-28(19)35)45-25-6-8-38-22(14-25)18-44-32-5-3-21(34)13-30(32)37;1-41-32(40)19-10-27(36)31-28(11-19)39(16-24-7-9-42-24)30(38-31)12-18-2-4-22(15-25(18)34)44-23-6-8-37-21(14-23)17-43-29-5-3-20(33)13-26(29)35/h2-6,8,11-14,16,26,39H,7,9-10,15,17-18H2,1H3;2-6,8,10-11,13-15,24H,7,9,12,16-17H2,1H3/t26-;24-/m00/s1. The molecule has 0 spiro atoms. The molecule has 460 valence electrons. The highest BCUT2D eigenvalue weighted by atomic mass is 35.5. The van der Waals surface area contributed by atoms with Gasteiger partial charge in [0.05, 0.1) is 61.0 Å². The second-order valence-electron chi connectivity index (χ2n) is 20.3. The number of halogens is 8. The molecule has 16 nitrogen and oxygen atoms in total. The van der Waals surface area contributed by atoms with Gasteiger partial charge in [0.25, 0.3) is 0 Å². The number of aromatic nitrogens is 4. The number of nitrogens with one attached hydrogen (secondary N) is 1. The number of methoxy groups -OCH3 is 2. The monoisotopic (exact) mass is 1260 g/mol. The number of carbonyl (C=O) groups excluding carboxylic acids is 3. The maximum absolute atomic E-state index is 15.4. The molecule has 89 heavy (non-hydrogen) atoms. The Labute approximate surface area is 515 Å². The number of benzene rings is 6. The number of nitrogens with zero attached hydrogens (tertiary/aromatic N) is 4. The number of carbonyl (C=O) groups is 3. The summed E-state index contributed by atoms with van der Waals surface area (Å²) < 4.78 is 133. The molecule has 0 saturated carbocycles. The molecule has 2 aliphatic rings. The van der Waals surface area contributed by atoms with E-state index in [0.29, 0.717) is 66.1 Å². The number of rotatable bonds is 23. The summed E-state index contributed by atoms with van der Waals surface area (Å²) in [5.41, 5.74) is 2.15. The van der Waals surface area contributed by atoms with Gasteiger partial charge in [-0.1, -0.05) is 35.3 Å². The summed E-state index contributed by atoms with van der Waals surface area (Å²) in [4.78, 5) is 50.0. The second-order valence-corrected chi connectivity index (χ2v) is 21.2. The molecule has 0 bridgehead atoms. The van der Waals surface area contributed by atoms with E-state index in [-0.39, 0.29) is 111 Å². The van der Waals surface area contributed by atoms with Crippen LogP contribution in [-0.2, 0) is 62.8 Å². The molecule has 0 radical (unpaired) electrons. The van der Waals surface area contributed by atoms with Crippen LogP contribution in [0.1, 0.15) is 67.5 Å². The van der Waals surface area contributed by atoms with E-state index in [1.807, 2.05) is 0 Å². The highest BCUT2D eigenvalue weighted by Crippen LogP contribution is 2.32. The molecule has 0 aliphatic carbocycles. The molecule has 2 fully saturated rings. The van der Waals surface area contributed by atoms with Crippen LogP contribution in [0.2, 0.25) is 10.0 Å². The van der Waals surface area contributed by atoms with Crippen LogP contribution < -0.4 is 24.3 Å². The summed E-state index contributed by atoms with van der Waals surface area (Å²) in [6.07, 6.45) is 3.89. The van der Waals surface area contributed by atoms with Crippen LogP contribution in [0, 0.1) is 34.9 Å². The van der Waals surface area contributed by atoms with Crippen molar-refractivity contribution in [2.75, 3.05) is 39.3 Å². The Hall–Kier alpha value is -9.22. The molecule has 6 aromatic carbocycles. The van der Waals surface area contributed by atoms with Gasteiger partial charge in [0.1, 0.15) is 70.8 Å². The van der Waals surface area contributed by atoms with E-state index in [2.05, 4.69) is 20.3 Å². The molecule has 1 N–H and O–H groups in total. The van der Waals surface area contributed by atoms with Crippen molar-refractivity contribution in [2.24, 2.45) is 0 Å². The van der Waals surface area contributed by atoms with Gasteiger partial charge in [-0.3, -0.25) is 14.8 Å². The summed E-state index contributed by atoms with van der Waals surface area (Å²) in [7, 11) is 2.41. The molecule has 2 aliphatic heterocycles. The molecule has 11 rings (SSSR count). The summed E-state index contributed by atoms with van der Waals surface area (Å²) in [6.45, 7) is 1.92. The van der Waals surface area contributed by atoms with Crippen LogP contribution in [0.3, 0.4) is 0 Å². The molecule has 5 heterocycles. The molecule has 24 heteroatoms. The number of hydrogen-bond acceptors (Lipinski definition) is 15. The van der Waals surface area contributed by atoms with Crippen molar-refractivity contribution in [1.29, 1.82) is 0 Å². The first-order valence-electron chi connectivity index (χ1n) is 27.6. The molecule has 9 aromatic rings. The van der Waals surface area contributed by atoms with Gasteiger partial charge in [0.15, 0.2) is 29.0 Å². The lowest BCUT2D eigenvalue weighted by atomic mass is 9.98. The summed E-state index contributed by atoms with van der Waals surface area (Å²) in [5.74, 6) is -4.13. The number of fused-ring (bicyclic) bond motifs is 1. The van der Waals surface area contributed by atoms with E-state index < -0.39 is 52.6 Å². The predicted octanol–water partition coefficient (Wildman–Crippen LogP) is 13.9. The first-order valence-corrected chi connectivity index (χ1v) is 28.4. The van der Waals surface area contributed by atoms with Crippen LogP contribution in [0.15, 0.2) is 134 Å². The fraction of sp³-hybridized carbons (Fsp3) is 0.231. The molecular formula is C65H53Cl2F6N5O11. The van der Waals surface area contributed by atoms with Crippen LogP contribution in [0.4, 0.5) is 32.0 Å². The zero-order chi connectivity index (χ0) is 62.7. The third-order valence-corrected chi connectivity index (χ3v) is 14.6. The van der Waals surface area contributed by atoms with E-state index in [4.69, 9.17) is 61.1 Å². The van der Waals surface area contributed by atoms with Gasteiger partial charge in [-0.25, -0.2) is 40.9 Å². The average molecular weight is 1270 g/mol. The number of esters is 2. The van der Waals surface area contributed by atoms with E-state index >= 15 is 17.6 Å².